The first-order valence-corrected chi connectivity index (χ1v) is 15.2. The Morgan fingerprint density at radius 2 is 1.63 bits per heavy atom. The smallest absolute Gasteiger partial charge is 0.269 e. The van der Waals surface area contributed by atoms with Crippen LogP contribution in [0.1, 0.15) is 11.3 Å². The third-order valence-electron chi connectivity index (χ3n) is 6.35. The molecule has 2 heterocycles. The lowest BCUT2D eigenvalue weighted by Crippen LogP contribution is -2.14. The van der Waals surface area contributed by atoms with E-state index in [-0.39, 0.29) is 32.5 Å². The Balaban J connectivity index is 1.77. The maximum atomic E-state index is 14.5. The third kappa shape index (κ3) is 5.17. The van der Waals surface area contributed by atoms with Crippen LogP contribution in [0.2, 0.25) is 0 Å². The molecule has 0 N–H and O–H groups in total. The normalized spacial score (nSPS) is 11.9. The lowest BCUT2D eigenvalue weighted by molar-refractivity contribution is 0.438. The van der Waals surface area contributed by atoms with E-state index >= 15 is 0 Å². The molecular weight excluding hydrogens is 572 g/mol. The highest BCUT2D eigenvalue weighted by atomic mass is 32.2. The van der Waals surface area contributed by atoms with Gasteiger partial charge in [-0.2, -0.15) is 5.26 Å². The number of benzene rings is 3. The molecule has 0 unspecified atom stereocenters. The largest absolute Gasteiger partial charge is 0.454 e. The highest BCUT2D eigenvalue weighted by Crippen LogP contribution is 2.40. The predicted molar refractivity (Wildman–Crippen MR) is 148 cm³/mol. The molecule has 0 saturated heterocycles. The highest BCUT2D eigenvalue weighted by molar-refractivity contribution is 7.91. The summed E-state index contributed by atoms with van der Waals surface area (Å²) in [5, 5.41) is 9.37. The number of hydrogen-bond donors (Lipinski definition) is 0. The fourth-order valence-corrected chi connectivity index (χ4v) is 6.86. The van der Waals surface area contributed by atoms with Crippen LogP contribution in [0.3, 0.4) is 0 Å². The van der Waals surface area contributed by atoms with Crippen LogP contribution in [0.5, 0.6) is 11.5 Å². The Kier molecular flexibility index (Phi) is 7.10. The average molecular weight is 594 g/mol. The van der Waals surface area contributed by atoms with Gasteiger partial charge in [0.05, 0.1) is 15.9 Å². The third-order valence-corrected chi connectivity index (χ3v) is 9.66. The summed E-state index contributed by atoms with van der Waals surface area (Å²) in [7, 11) is -8.09. The van der Waals surface area contributed by atoms with Crippen LogP contribution in [0.25, 0.3) is 22.2 Å². The summed E-state index contributed by atoms with van der Waals surface area (Å²) in [5.41, 5.74) is 1.52. The van der Waals surface area contributed by atoms with Gasteiger partial charge in [0.1, 0.15) is 17.3 Å². The van der Waals surface area contributed by atoms with Gasteiger partial charge in [-0.15, -0.1) is 0 Å². The molecule has 0 atom stereocenters. The monoisotopic (exact) mass is 593 g/mol. The molecule has 0 fully saturated rings. The number of sulfone groups is 1. The second-order valence-corrected chi connectivity index (χ2v) is 13.0. The van der Waals surface area contributed by atoms with Gasteiger partial charge in [0.15, 0.2) is 27.1 Å². The zero-order valence-corrected chi connectivity index (χ0v) is 23.3. The fraction of sp³-hybridized carbons (Fsp3) is 0.103. The topological polar surface area (TPSA) is 119 Å². The molecular formula is C29H21F2N3O5S2. The Morgan fingerprint density at radius 1 is 0.902 bits per heavy atom. The number of fused-ring (bicyclic) bond motifs is 1. The molecule has 0 spiro atoms. The minimum Gasteiger partial charge on any atom is -0.454 e. The highest BCUT2D eigenvalue weighted by Gasteiger charge is 2.25. The molecule has 0 amide bonds. The number of aryl methyl sites for hydroxylation is 2. The molecule has 0 bridgehead atoms. The lowest BCUT2D eigenvalue weighted by atomic mass is 10.0. The summed E-state index contributed by atoms with van der Waals surface area (Å²) in [6.07, 6.45) is 1.35. The number of rotatable bonds is 7. The van der Waals surface area contributed by atoms with Crippen molar-refractivity contribution < 1.29 is 30.4 Å². The van der Waals surface area contributed by atoms with Crippen molar-refractivity contribution in [1.82, 2.24) is 8.96 Å². The first-order valence-electron chi connectivity index (χ1n) is 12.1. The van der Waals surface area contributed by atoms with E-state index in [0.29, 0.717) is 28.3 Å². The van der Waals surface area contributed by atoms with E-state index < -0.39 is 37.2 Å². The van der Waals surface area contributed by atoms with Crippen molar-refractivity contribution in [3.63, 3.8) is 0 Å². The van der Waals surface area contributed by atoms with Crippen molar-refractivity contribution >= 4 is 30.9 Å². The summed E-state index contributed by atoms with van der Waals surface area (Å²) < 4.78 is 87.6. The van der Waals surface area contributed by atoms with Gasteiger partial charge in [-0.05, 0) is 73.5 Å². The second kappa shape index (κ2) is 10.4. The van der Waals surface area contributed by atoms with E-state index in [4.69, 9.17) is 10.00 Å². The van der Waals surface area contributed by atoms with E-state index in [1.54, 1.807) is 44.2 Å². The minimum atomic E-state index is -4.07. The van der Waals surface area contributed by atoms with Crippen molar-refractivity contribution in [2.24, 2.45) is 0 Å². The number of nitrogens with zero attached hydrogens (tertiary/aromatic N) is 3. The van der Waals surface area contributed by atoms with Crippen LogP contribution in [-0.4, -0.2) is 31.5 Å². The van der Waals surface area contributed by atoms with Gasteiger partial charge in [0.25, 0.3) is 10.0 Å². The van der Waals surface area contributed by atoms with Gasteiger partial charge >= 0.3 is 0 Å². The van der Waals surface area contributed by atoms with Gasteiger partial charge in [0.2, 0.25) is 0 Å². The maximum Gasteiger partial charge on any atom is 0.269 e. The van der Waals surface area contributed by atoms with Crippen molar-refractivity contribution in [3.05, 3.63) is 102 Å². The molecule has 3 aromatic carbocycles. The zero-order chi connectivity index (χ0) is 29.5. The molecule has 0 aliphatic rings. The van der Waals surface area contributed by atoms with Gasteiger partial charge in [0, 0.05) is 28.9 Å². The quantitative estimate of drug-likeness (QED) is 0.230. The van der Waals surface area contributed by atoms with Gasteiger partial charge < -0.3 is 4.74 Å². The van der Waals surface area contributed by atoms with Crippen LogP contribution >= 0.6 is 0 Å². The second-order valence-electron chi connectivity index (χ2n) is 9.18. The Hall–Kier alpha value is -4.60. The molecule has 0 aliphatic heterocycles. The van der Waals surface area contributed by atoms with Gasteiger partial charge in [-0.1, -0.05) is 18.2 Å². The molecule has 2 aromatic heterocycles. The van der Waals surface area contributed by atoms with Gasteiger partial charge in [-0.25, -0.2) is 34.6 Å². The molecule has 208 valence electrons. The molecule has 12 heteroatoms. The molecule has 5 rings (SSSR count). The number of halogens is 2. The summed E-state index contributed by atoms with van der Waals surface area (Å²) in [4.78, 5) is 4.35. The molecule has 41 heavy (non-hydrogen) atoms. The Morgan fingerprint density at radius 3 is 2.34 bits per heavy atom. The van der Waals surface area contributed by atoms with Crippen molar-refractivity contribution in [1.29, 1.82) is 5.26 Å². The summed E-state index contributed by atoms with van der Waals surface area (Å²) in [6, 6.07) is 17.8. The zero-order valence-electron chi connectivity index (χ0n) is 21.7. The summed E-state index contributed by atoms with van der Waals surface area (Å²) in [6.45, 7) is 3.31. The first kappa shape index (κ1) is 27.9. The van der Waals surface area contributed by atoms with Gasteiger partial charge in [-0.3, -0.25) is 0 Å². The van der Waals surface area contributed by atoms with Crippen LogP contribution in [0, 0.1) is 36.8 Å². The molecule has 8 nitrogen and oxygen atoms in total. The van der Waals surface area contributed by atoms with Crippen molar-refractivity contribution in [3.8, 4) is 28.7 Å². The standard InChI is InChI=1S/C29H21F2N3O5S2/c1-18-5-3-4-6-28(18)41(37,38)34-13-11-22-23(15-19(2)33-29(22)34)24-17-21(40(35,36)14-12-32)8-10-26(24)39-27-9-7-20(30)16-25(27)31/h3-11,13,15-17H,14H2,1-2H3. The van der Waals surface area contributed by atoms with E-state index in [9.17, 15) is 25.6 Å². The number of aromatic nitrogens is 2. The number of hydrogen-bond acceptors (Lipinski definition) is 7. The minimum absolute atomic E-state index is 0.00725. The van der Waals surface area contributed by atoms with E-state index in [1.165, 1.54) is 36.5 Å². The SMILES string of the molecule is Cc1cc(-c2cc(S(=O)(=O)CC#N)ccc2Oc2ccc(F)cc2F)c2ccn(S(=O)(=O)c3ccccc3C)c2n1. The van der Waals surface area contributed by atoms with Crippen molar-refractivity contribution in [2.75, 3.05) is 5.75 Å². The maximum absolute atomic E-state index is 14.5. The van der Waals surface area contributed by atoms with Crippen LogP contribution in [-0.2, 0) is 19.9 Å². The summed E-state index contributed by atoms with van der Waals surface area (Å²) in [5.74, 6) is -2.89. The predicted octanol–water partition coefficient (Wildman–Crippen LogP) is 5.92. The number of pyridine rings is 1. The van der Waals surface area contributed by atoms with Crippen LogP contribution < -0.4 is 4.74 Å². The van der Waals surface area contributed by atoms with E-state index in [2.05, 4.69) is 4.98 Å². The lowest BCUT2D eigenvalue weighted by Gasteiger charge is -2.15. The molecule has 0 aliphatic carbocycles. The Labute approximate surface area is 235 Å². The Bertz CT molecular complexity index is 2100. The first-order chi connectivity index (χ1) is 19.4. The average Bonchev–Trinajstić information content (AvgIpc) is 3.35. The number of nitriles is 1. The molecule has 0 radical (unpaired) electrons. The molecule has 0 saturated carbocycles. The van der Waals surface area contributed by atoms with Crippen molar-refractivity contribution in [2.45, 2.75) is 23.6 Å². The van der Waals surface area contributed by atoms with Crippen LogP contribution in [0.4, 0.5) is 8.78 Å². The molecule has 5 aromatic rings. The fourth-order valence-electron chi connectivity index (χ4n) is 4.43. The van der Waals surface area contributed by atoms with Crippen LogP contribution in [0.15, 0.2) is 88.8 Å². The number of ether oxygens (including phenoxy) is 1. The van der Waals surface area contributed by atoms with E-state index in [0.717, 1.165) is 16.1 Å². The van der Waals surface area contributed by atoms with E-state index in [1.807, 2.05) is 0 Å². The summed E-state index contributed by atoms with van der Waals surface area (Å²) >= 11 is 0.